The van der Waals surface area contributed by atoms with E-state index in [2.05, 4.69) is 18.2 Å². The molecule has 0 fully saturated rings. The first-order valence-corrected chi connectivity index (χ1v) is 6.50. The van der Waals surface area contributed by atoms with E-state index in [-0.39, 0.29) is 5.78 Å². The molecule has 0 N–H and O–H groups in total. The van der Waals surface area contributed by atoms with E-state index >= 15 is 0 Å². The number of ketones is 1. The number of fused-ring (bicyclic) bond motifs is 1. The second kappa shape index (κ2) is 3.95. The van der Waals surface area contributed by atoms with Gasteiger partial charge in [0.2, 0.25) is 0 Å². The second-order valence-corrected chi connectivity index (χ2v) is 5.10. The highest BCUT2D eigenvalue weighted by atomic mass is 32.2. The average Bonchev–Trinajstić information content (AvgIpc) is 2.83. The predicted octanol–water partition coefficient (Wildman–Crippen LogP) is 3.37. The third kappa shape index (κ3) is 1.54. The molecule has 2 aliphatic rings. The Bertz CT molecular complexity index is 511. The van der Waals surface area contributed by atoms with Gasteiger partial charge in [-0.3, -0.25) is 4.79 Å². The molecule has 16 heavy (non-hydrogen) atoms. The highest BCUT2D eigenvalue weighted by Gasteiger charge is 2.24. The number of allylic oxidation sites excluding steroid dienone is 2. The van der Waals surface area contributed by atoms with Crippen LogP contribution in [0.4, 0.5) is 0 Å². The van der Waals surface area contributed by atoms with Gasteiger partial charge in [0.1, 0.15) is 0 Å². The maximum absolute atomic E-state index is 12.3. The van der Waals surface area contributed by atoms with Crippen molar-refractivity contribution in [3.63, 3.8) is 0 Å². The summed E-state index contributed by atoms with van der Waals surface area (Å²) in [5.41, 5.74) is 3.11. The summed E-state index contributed by atoms with van der Waals surface area (Å²) >= 11 is 1.77. The molecule has 0 saturated heterocycles. The van der Waals surface area contributed by atoms with Gasteiger partial charge in [-0.25, -0.2) is 0 Å². The smallest absolute Gasteiger partial charge is 0.190 e. The van der Waals surface area contributed by atoms with Crippen LogP contribution >= 0.6 is 11.8 Å². The number of carbonyl (C=O) groups excluding carboxylic acids is 1. The summed E-state index contributed by atoms with van der Waals surface area (Å²) in [4.78, 5) is 13.5. The van der Waals surface area contributed by atoms with Crippen LogP contribution in [0.25, 0.3) is 0 Å². The molecule has 1 heterocycles. The molecule has 0 saturated carbocycles. The fourth-order valence-corrected chi connectivity index (χ4v) is 3.19. The van der Waals surface area contributed by atoms with Crippen molar-refractivity contribution in [2.45, 2.75) is 12.8 Å². The molecular weight excluding hydrogens is 216 g/mol. The Labute approximate surface area is 99.2 Å². The number of carbonyl (C=O) groups is 1. The molecule has 1 aromatic rings. The summed E-state index contributed by atoms with van der Waals surface area (Å²) in [6, 6.07) is 7.96. The van der Waals surface area contributed by atoms with Crippen molar-refractivity contribution in [3.05, 3.63) is 58.0 Å². The van der Waals surface area contributed by atoms with Crippen molar-refractivity contribution in [2.24, 2.45) is 0 Å². The lowest BCUT2D eigenvalue weighted by atomic mass is 9.86. The van der Waals surface area contributed by atoms with Gasteiger partial charge in [0.15, 0.2) is 5.78 Å². The highest BCUT2D eigenvalue weighted by molar-refractivity contribution is 8.03. The fourth-order valence-electron chi connectivity index (χ4n) is 2.26. The lowest BCUT2D eigenvalue weighted by Crippen LogP contribution is -2.14. The van der Waals surface area contributed by atoms with Crippen molar-refractivity contribution in [1.82, 2.24) is 0 Å². The van der Waals surface area contributed by atoms with Crippen molar-refractivity contribution in [1.29, 1.82) is 0 Å². The Morgan fingerprint density at radius 2 is 2.00 bits per heavy atom. The Hall–Kier alpha value is -1.28. The van der Waals surface area contributed by atoms with Crippen LogP contribution in [0, 0.1) is 0 Å². The van der Waals surface area contributed by atoms with E-state index < -0.39 is 0 Å². The van der Waals surface area contributed by atoms with E-state index in [1.807, 2.05) is 18.2 Å². The lowest BCUT2D eigenvalue weighted by molar-refractivity contribution is 0.102. The van der Waals surface area contributed by atoms with Crippen LogP contribution in [-0.4, -0.2) is 11.5 Å². The molecule has 0 aromatic heterocycles. The number of hydrogen-bond acceptors (Lipinski definition) is 2. The molecule has 1 aromatic carbocycles. The Balaban J connectivity index is 2.08. The monoisotopic (exact) mass is 228 g/mol. The zero-order valence-electron chi connectivity index (χ0n) is 8.90. The highest BCUT2D eigenvalue weighted by Crippen LogP contribution is 2.34. The summed E-state index contributed by atoms with van der Waals surface area (Å²) in [6.07, 6.45) is 6.10. The van der Waals surface area contributed by atoms with Gasteiger partial charge in [0.25, 0.3) is 0 Å². The SMILES string of the molecule is O=C1C(=C2C=CCS2)CCc2ccccc21. The van der Waals surface area contributed by atoms with E-state index in [1.165, 1.54) is 10.5 Å². The molecule has 1 aliphatic heterocycles. The third-order valence-electron chi connectivity index (χ3n) is 3.08. The summed E-state index contributed by atoms with van der Waals surface area (Å²) < 4.78 is 0. The van der Waals surface area contributed by atoms with Crippen LogP contribution in [-0.2, 0) is 6.42 Å². The van der Waals surface area contributed by atoms with Crippen LogP contribution < -0.4 is 0 Å². The zero-order valence-corrected chi connectivity index (χ0v) is 9.72. The van der Waals surface area contributed by atoms with Gasteiger partial charge in [0.05, 0.1) is 0 Å². The van der Waals surface area contributed by atoms with Crippen LogP contribution in [0.15, 0.2) is 46.9 Å². The van der Waals surface area contributed by atoms with Gasteiger partial charge in [-0.05, 0) is 18.4 Å². The van der Waals surface area contributed by atoms with E-state index in [9.17, 15) is 4.79 Å². The quantitative estimate of drug-likeness (QED) is 0.633. The first kappa shape index (κ1) is 9.91. The first-order valence-electron chi connectivity index (χ1n) is 5.51. The predicted molar refractivity (Wildman–Crippen MR) is 67.7 cm³/mol. The van der Waals surface area contributed by atoms with Gasteiger partial charge in [-0.15, -0.1) is 11.8 Å². The van der Waals surface area contributed by atoms with Gasteiger partial charge in [-0.2, -0.15) is 0 Å². The molecule has 3 rings (SSSR count). The van der Waals surface area contributed by atoms with Crippen LogP contribution in [0.2, 0.25) is 0 Å². The van der Waals surface area contributed by atoms with Crippen molar-refractivity contribution in [2.75, 3.05) is 5.75 Å². The maximum Gasteiger partial charge on any atom is 0.190 e. The molecule has 1 nitrogen and oxygen atoms in total. The summed E-state index contributed by atoms with van der Waals surface area (Å²) in [5.74, 6) is 1.24. The summed E-state index contributed by atoms with van der Waals surface area (Å²) in [6.45, 7) is 0. The molecular formula is C14H12OS. The fraction of sp³-hybridized carbons (Fsp3) is 0.214. The number of hydrogen-bond donors (Lipinski definition) is 0. The molecule has 1 aliphatic carbocycles. The molecule has 0 bridgehead atoms. The van der Waals surface area contributed by atoms with Crippen molar-refractivity contribution in [3.8, 4) is 0 Å². The summed E-state index contributed by atoms with van der Waals surface area (Å²) in [7, 11) is 0. The molecule has 0 unspecified atom stereocenters. The minimum Gasteiger partial charge on any atom is -0.289 e. The van der Waals surface area contributed by atoms with Gasteiger partial charge >= 0.3 is 0 Å². The normalized spacial score (nSPS) is 23.6. The zero-order chi connectivity index (χ0) is 11.0. The first-order chi connectivity index (χ1) is 7.86. The third-order valence-corrected chi connectivity index (χ3v) is 4.13. The van der Waals surface area contributed by atoms with E-state index in [0.29, 0.717) is 0 Å². The maximum atomic E-state index is 12.3. The molecule has 0 spiro atoms. The number of thioether (sulfide) groups is 1. The van der Waals surface area contributed by atoms with Crippen LogP contribution in [0.3, 0.4) is 0 Å². The summed E-state index contributed by atoms with van der Waals surface area (Å²) in [5, 5.41) is 0. The molecule has 0 radical (unpaired) electrons. The topological polar surface area (TPSA) is 17.1 Å². The Kier molecular flexibility index (Phi) is 2.44. The lowest BCUT2D eigenvalue weighted by Gasteiger charge is -2.18. The standard InChI is InChI=1S/C14H12OS/c15-14-11-5-2-1-4-10(11)7-8-12(14)13-6-3-9-16-13/h1-6H,7-9H2. The van der Waals surface area contributed by atoms with Gasteiger partial charge < -0.3 is 0 Å². The number of Topliss-reactive ketones (excluding diaryl/α,β-unsaturated/α-hetero) is 1. The van der Waals surface area contributed by atoms with Gasteiger partial charge in [0, 0.05) is 21.8 Å². The molecule has 80 valence electrons. The second-order valence-electron chi connectivity index (χ2n) is 4.04. The van der Waals surface area contributed by atoms with Crippen LogP contribution in [0.5, 0.6) is 0 Å². The van der Waals surface area contributed by atoms with Gasteiger partial charge in [-0.1, -0.05) is 36.4 Å². The molecule has 0 amide bonds. The van der Waals surface area contributed by atoms with Crippen LogP contribution in [0.1, 0.15) is 22.3 Å². The largest absolute Gasteiger partial charge is 0.289 e. The number of benzene rings is 1. The van der Waals surface area contributed by atoms with Crippen molar-refractivity contribution >= 4 is 17.5 Å². The minimum absolute atomic E-state index is 0.232. The van der Waals surface area contributed by atoms with Crippen molar-refractivity contribution < 1.29 is 4.79 Å². The Morgan fingerprint density at radius 3 is 2.81 bits per heavy atom. The molecule has 0 atom stereocenters. The Morgan fingerprint density at radius 1 is 1.12 bits per heavy atom. The molecule has 2 heteroatoms. The minimum atomic E-state index is 0.232. The average molecular weight is 228 g/mol. The van der Waals surface area contributed by atoms with E-state index in [0.717, 1.165) is 29.7 Å². The number of aryl methyl sites for hydroxylation is 1. The van der Waals surface area contributed by atoms with E-state index in [4.69, 9.17) is 0 Å². The number of rotatable bonds is 0. The van der Waals surface area contributed by atoms with E-state index in [1.54, 1.807) is 11.8 Å².